The van der Waals surface area contributed by atoms with Gasteiger partial charge in [0.25, 0.3) is 0 Å². The van der Waals surface area contributed by atoms with E-state index in [1.165, 1.54) is 0 Å². The summed E-state index contributed by atoms with van der Waals surface area (Å²) in [5, 5.41) is 15.2. The van der Waals surface area contributed by atoms with Gasteiger partial charge in [0.15, 0.2) is 0 Å². The van der Waals surface area contributed by atoms with Crippen molar-refractivity contribution < 1.29 is 9.84 Å². The van der Waals surface area contributed by atoms with Gasteiger partial charge in [-0.05, 0) is 31.5 Å². The number of nitrogens with zero attached hydrogens (tertiary/aromatic N) is 2. The molecule has 3 aromatic rings. The molecule has 1 atom stereocenters. The summed E-state index contributed by atoms with van der Waals surface area (Å²) in [4.78, 5) is 0. The molecule has 3 rings (SSSR count). The predicted octanol–water partition coefficient (Wildman–Crippen LogP) is 3.30. The van der Waals surface area contributed by atoms with Crippen LogP contribution in [0.4, 0.5) is 0 Å². The van der Waals surface area contributed by atoms with Crippen molar-refractivity contribution in [3.8, 4) is 5.75 Å². The first-order chi connectivity index (χ1) is 10.6. The van der Waals surface area contributed by atoms with E-state index < -0.39 is 6.10 Å². The van der Waals surface area contributed by atoms with Crippen molar-refractivity contribution in [2.75, 3.05) is 0 Å². The summed E-state index contributed by atoms with van der Waals surface area (Å²) in [7, 11) is 0. The number of hydrogen-bond acceptors (Lipinski definition) is 3. The van der Waals surface area contributed by atoms with Gasteiger partial charge >= 0.3 is 0 Å². The first kappa shape index (κ1) is 14.6. The number of aromatic nitrogens is 2. The second-order valence-corrected chi connectivity index (χ2v) is 5.57. The Labute approximate surface area is 130 Å². The lowest BCUT2D eigenvalue weighted by Crippen LogP contribution is -2.12. The Morgan fingerprint density at radius 2 is 1.95 bits per heavy atom. The molecule has 1 unspecified atom stereocenters. The van der Waals surface area contributed by atoms with Gasteiger partial charge in [0.05, 0.1) is 23.9 Å². The molecule has 0 saturated heterocycles. The van der Waals surface area contributed by atoms with Crippen LogP contribution >= 0.6 is 0 Å². The molecular formula is C18H20N2O2. The predicted molar refractivity (Wildman–Crippen MR) is 86.9 cm³/mol. The highest BCUT2D eigenvalue weighted by Gasteiger charge is 2.10. The second kappa shape index (κ2) is 6.20. The van der Waals surface area contributed by atoms with Gasteiger partial charge in [0, 0.05) is 11.5 Å². The molecule has 0 aliphatic carbocycles. The smallest absolute Gasteiger partial charge is 0.121 e. The zero-order valence-electron chi connectivity index (χ0n) is 12.9. The van der Waals surface area contributed by atoms with Crippen LogP contribution in [0.2, 0.25) is 0 Å². The van der Waals surface area contributed by atoms with Gasteiger partial charge in [-0.25, -0.2) is 0 Å². The third-order valence-electron chi connectivity index (χ3n) is 3.59. The highest BCUT2D eigenvalue weighted by molar-refractivity contribution is 5.83. The van der Waals surface area contributed by atoms with Crippen LogP contribution in [-0.4, -0.2) is 21.0 Å². The summed E-state index contributed by atoms with van der Waals surface area (Å²) >= 11 is 0. The van der Waals surface area contributed by atoms with Gasteiger partial charge in [0.2, 0.25) is 0 Å². The fourth-order valence-electron chi connectivity index (χ4n) is 2.54. The molecule has 0 amide bonds. The highest BCUT2D eigenvalue weighted by atomic mass is 16.5. The molecule has 2 aromatic carbocycles. The van der Waals surface area contributed by atoms with E-state index in [0.29, 0.717) is 13.2 Å². The number of benzene rings is 2. The van der Waals surface area contributed by atoms with E-state index in [9.17, 15) is 5.11 Å². The van der Waals surface area contributed by atoms with Crippen LogP contribution in [0.5, 0.6) is 5.75 Å². The summed E-state index contributed by atoms with van der Waals surface area (Å²) in [6.07, 6.45) is -0.434. The molecule has 0 saturated carbocycles. The van der Waals surface area contributed by atoms with Crippen LogP contribution in [0.1, 0.15) is 18.2 Å². The largest absolute Gasteiger partial charge is 0.489 e. The lowest BCUT2D eigenvalue weighted by atomic mass is 10.2. The van der Waals surface area contributed by atoms with E-state index in [0.717, 1.165) is 27.9 Å². The van der Waals surface area contributed by atoms with Crippen molar-refractivity contribution >= 4 is 10.9 Å². The molecule has 0 aliphatic heterocycles. The number of aliphatic hydroxyl groups is 1. The van der Waals surface area contributed by atoms with Crippen LogP contribution < -0.4 is 4.74 Å². The Balaban J connectivity index is 1.85. The number of fused-ring (bicyclic) bond motifs is 1. The molecule has 1 heterocycles. The van der Waals surface area contributed by atoms with Crippen molar-refractivity contribution in [3.63, 3.8) is 0 Å². The normalized spacial score (nSPS) is 12.5. The van der Waals surface area contributed by atoms with Crippen molar-refractivity contribution in [2.45, 2.75) is 33.1 Å². The molecule has 4 nitrogen and oxygen atoms in total. The Kier molecular flexibility index (Phi) is 4.11. The van der Waals surface area contributed by atoms with E-state index >= 15 is 0 Å². The van der Waals surface area contributed by atoms with E-state index in [1.54, 1.807) is 6.92 Å². The van der Waals surface area contributed by atoms with Crippen LogP contribution in [-0.2, 0) is 13.2 Å². The molecule has 114 valence electrons. The third-order valence-corrected chi connectivity index (χ3v) is 3.59. The second-order valence-electron chi connectivity index (χ2n) is 5.57. The van der Waals surface area contributed by atoms with Crippen molar-refractivity contribution in [3.05, 3.63) is 59.8 Å². The molecular weight excluding hydrogens is 276 g/mol. The van der Waals surface area contributed by atoms with E-state index in [1.807, 2.05) is 60.1 Å². The molecule has 0 radical (unpaired) electrons. The first-order valence-electron chi connectivity index (χ1n) is 7.45. The van der Waals surface area contributed by atoms with Crippen LogP contribution in [0.15, 0.2) is 48.5 Å². The molecule has 22 heavy (non-hydrogen) atoms. The van der Waals surface area contributed by atoms with E-state index in [2.05, 4.69) is 5.10 Å². The maximum absolute atomic E-state index is 9.60. The number of rotatable bonds is 5. The van der Waals surface area contributed by atoms with Crippen molar-refractivity contribution in [2.24, 2.45) is 0 Å². The lowest BCUT2D eigenvalue weighted by Gasteiger charge is -2.09. The number of hydrogen-bond donors (Lipinski definition) is 1. The van der Waals surface area contributed by atoms with Gasteiger partial charge in [-0.3, -0.25) is 4.68 Å². The standard InChI is InChI=1S/C18H20N2O2/c1-13(21)11-20-18-10-16(8-9-17(18)14(2)19-20)22-12-15-6-4-3-5-7-15/h3-10,13,21H,11-12H2,1-2H3. The molecule has 1 aromatic heterocycles. The quantitative estimate of drug-likeness (QED) is 0.786. The maximum atomic E-state index is 9.60. The number of ether oxygens (including phenoxy) is 1. The molecule has 1 N–H and O–H groups in total. The van der Waals surface area contributed by atoms with E-state index in [4.69, 9.17) is 4.74 Å². The summed E-state index contributed by atoms with van der Waals surface area (Å²) in [6, 6.07) is 16.1. The fourth-order valence-corrected chi connectivity index (χ4v) is 2.54. The Morgan fingerprint density at radius 1 is 1.18 bits per heavy atom. The topological polar surface area (TPSA) is 47.3 Å². The molecule has 0 fully saturated rings. The molecule has 0 bridgehead atoms. The average molecular weight is 296 g/mol. The minimum absolute atomic E-state index is 0.434. The number of aryl methyl sites for hydroxylation is 1. The van der Waals surface area contributed by atoms with Crippen molar-refractivity contribution in [1.82, 2.24) is 9.78 Å². The van der Waals surface area contributed by atoms with Gasteiger partial charge in [-0.2, -0.15) is 5.10 Å². The van der Waals surface area contributed by atoms with E-state index in [-0.39, 0.29) is 0 Å². The zero-order chi connectivity index (χ0) is 15.5. The third kappa shape index (κ3) is 3.12. The first-order valence-corrected chi connectivity index (χ1v) is 7.45. The maximum Gasteiger partial charge on any atom is 0.121 e. The summed E-state index contributed by atoms with van der Waals surface area (Å²) in [5.41, 5.74) is 3.09. The van der Waals surface area contributed by atoms with Gasteiger partial charge in [-0.15, -0.1) is 0 Å². The Hall–Kier alpha value is -2.33. The minimum Gasteiger partial charge on any atom is -0.489 e. The molecule has 0 spiro atoms. The van der Waals surface area contributed by atoms with Crippen molar-refractivity contribution in [1.29, 1.82) is 0 Å². The lowest BCUT2D eigenvalue weighted by molar-refractivity contribution is 0.170. The molecule has 4 heteroatoms. The van der Waals surface area contributed by atoms with Gasteiger partial charge in [0.1, 0.15) is 12.4 Å². The van der Waals surface area contributed by atoms with Gasteiger partial charge in [-0.1, -0.05) is 30.3 Å². The Bertz CT molecular complexity index is 763. The highest BCUT2D eigenvalue weighted by Crippen LogP contribution is 2.24. The Morgan fingerprint density at radius 3 is 2.68 bits per heavy atom. The monoisotopic (exact) mass is 296 g/mol. The minimum atomic E-state index is -0.434. The van der Waals surface area contributed by atoms with Crippen LogP contribution in [0.3, 0.4) is 0 Å². The number of aliphatic hydroxyl groups excluding tert-OH is 1. The molecule has 0 aliphatic rings. The average Bonchev–Trinajstić information content (AvgIpc) is 2.81. The zero-order valence-corrected chi connectivity index (χ0v) is 12.9. The van der Waals surface area contributed by atoms with Gasteiger partial charge < -0.3 is 9.84 Å². The SMILES string of the molecule is Cc1nn(CC(C)O)c2cc(OCc3ccccc3)ccc12. The summed E-state index contributed by atoms with van der Waals surface area (Å²) < 4.78 is 7.70. The summed E-state index contributed by atoms with van der Waals surface area (Å²) in [5.74, 6) is 0.808. The fraction of sp³-hybridized carbons (Fsp3) is 0.278. The van der Waals surface area contributed by atoms with Crippen LogP contribution in [0, 0.1) is 6.92 Å². The van der Waals surface area contributed by atoms with Crippen LogP contribution in [0.25, 0.3) is 10.9 Å². The summed E-state index contributed by atoms with van der Waals surface area (Å²) in [6.45, 7) is 4.76.